The van der Waals surface area contributed by atoms with Crippen molar-refractivity contribution >= 4 is 26.7 Å². The van der Waals surface area contributed by atoms with E-state index in [4.69, 9.17) is 0 Å². The Bertz CT molecular complexity index is 384. The Morgan fingerprint density at radius 2 is 1.31 bits per heavy atom. The summed E-state index contributed by atoms with van der Waals surface area (Å²) in [5.41, 5.74) is 0. The van der Waals surface area contributed by atoms with Gasteiger partial charge in [-0.25, -0.2) is 0 Å². The van der Waals surface area contributed by atoms with Crippen molar-refractivity contribution in [3.8, 4) is 5.75 Å². The number of rotatable bonds is 0. The minimum Gasteiger partial charge on any atom is -0.507 e. The van der Waals surface area contributed by atoms with Gasteiger partial charge in [0.25, 0.3) is 0 Å². The Morgan fingerprint density at radius 3 is 1.81 bits per heavy atom. The standard InChI is InChI=1S/C10H7BrO.2C2H6/c11-9-5-6-10(12)8-4-2-1-3-7(8)9;2*1-2/h1-6,12H;2*1-2H3. The Labute approximate surface area is 106 Å². The predicted molar refractivity (Wildman–Crippen MR) is 76.0 cm³/mol. The molecule has 2 rings (SSSR count). The van der Waals surface area contributed by atoms with Crippen molar-refractivity contribution in [3.05, 3.63) is 40.9 Å². The predicted octanol–water partition coefficient (Wildman–Crippen LogP) is 5.36. The molecule has 1 nitrogen and oxygen atoms in total. The van der Waals surface area contributed by atoms with Gasteiger partial charge in [-0.3, -0.25) is 0 Å². The van der Waals surface area contributed by atoms with Gasteiger partial charge < -0.3 is 5.11 Å². The van der Waals surface area contributed by atoms with Gasteiger partial charge in [0.05, 0.1) is 0 Å². The molecule has 2 aromatic rings. The van der Waals surface area contributed by atoms with E-state index in [9.17, 15) is 5.11 Å². The first-order valence-corrected chi connectivity index (χ1v) is 6.44. The molecule has 88 valence electrons. The lowest BCUT2D eigenvalue weighted by Gasteiger charge is -2.01. The highest BCUT2D eigenvalue weighted by Gasteiger charge is 2.00. The fraction of sp³-hybridized carbons (Fsp3) is 0.286. The molecule has 0 atom stereocenters. The molecule has 2 aromatic carbocycles. The van der Waals surface area contributed by atoms with Gasteiger partial charge in [-0.1, -0.05) is 67.9 Å². The molecule has 0 radical (unpaired) electrons. The van der Waals surface area contributed by atoms with Gasteiger partial charge in [-0.05, 0) is 17.5 Å². The fourth-order valence-corrected chi connectivity index (χ4v) is 1.72. The Kier molecular flexibility index (Phi) is 7.65. The number of phenolic OH excluding ortho intramolecular Hbond substituents is 1. The van der Waals surface area contributed by atoms with E-state index in [2.05, 4.69) is 15.9 Å². The van der Waals surface area contributed by atoms with Crippen LogP contribution in [-0.4, -0.2) is 5.11 Å². The number of aromatic hydroxyl groups is 1. The van der Waals surface area contributed by atoms with Crippen molar-refractivity contribution in [2.75, 3.05) is 0 Å². The molecule has 16 heavy (non-hydrogen) atoms. The molecule has 0 aromatic heterocycles. The van der Waals surface area contributed by atoms with Crippen LogP contribution in [0.1, 0.15) is 27.7 Å². The molecule has 0 saturated heterocycles. The smallest absolute Gasteiger partial charge is 0.123 e. The number of phenols is 1. The first-order chi connectivity index (χ1) is 7.79. The summed E-state index contributed by atoms with van der Waals surface area (Å²) >= 11 is 3.42. The minimum atomic E-state index is 0.328. The molecule has 0 aliphatic carbocycles. The summed E-state index contributed by atoms with van der Waals surface area (Å²) in [7, 11) is 0. The van der Waals surface area contributed by atoms with Crippen LogP contribution in [-0.2, 0) is 0 Å². The van der Waals surface area contributed by atoms with E-state index in [1.54, 1.807) is 6.07 Å². The van der Waals surface area contributed by atoms with E-state index >= 15 is 0 Å². The number of fused-ring (bicyclic) bond motifs is 1. The Morgan fingerprint density at radius 1 is 0.812 bits per heavy atom. The molecule has 0 unspecified atom stereocenters. The van der Waals surface area contributed by atoms with E-state index in [0.29, 0.717) is 5.75 Å². The molecule has 0 saturated carbocycles. The third kappa shape index (κ3) is 3.53. The zero-order valence-electron chi connectivity index (χ0n) is 10.3. The molecule has 0 heterocycles. The number of hydrogen-bond donors (Lipinski definition) is 1. The lowest BCUT2D eigenvalue weighted by Crippen LogP contribution is -1.74. The van der Waals surface area contributed by atoms with Crippen LogP contribution in [0.3, 0.4) is 0 Å². The molecule has 0 fully saturated rings. The van der Waals surface area contributed by atoms with Crippen molar-refractivity contribution in [1.82, 2.24) is 0 Å². The van der Waals surface area contributed by atoms with E-state index in [1.807, 2.05) is 58.0 Å². The van der Waals surface area contributed by atoms with E-state index in [1.165, 1.54) is 0 Å². The van der Waals surface area contributed by atoms with E-state index in [0.717, 1.165) is 15.2 Å². The van der Waals surface area contributed by atoms with Crippen LogP contribution >= 0.6 is 15.9 Å². The second kappa shape index (κ2) is 8.17. The minimum absolute atomic E-state index is 0.328. The molecule has 0 aliphatic heterocycles. The van der Waals surface area contributed by atoms with Crippen LogP contribution in [0.25, 0.3) is 10.8 Å². The Hall–Kier alpha value is -1.02. The summed E-state index contributed by atoms with van der Waals surface area (Å²) in [6.45, 7) is 8.00. The zero-order valence-corrected chi connectivity index (χ0v) is 11.9. The lowest BCUT2D eigenvalue weighted by atomic mass is 10.1. The highest BCUT2D eigenvalue weighted by atomic mass is 79.9. The first kappa shape index (κ1) is 15.0. The zero-order chi connectivity index (χ0) is 12.6. The van der Waals surface area contributed by atoms with Gasteiger partial charge in [0, 0.05) is 9.86 Å². The first-order valence-electron chi connectivity index (χ1n) is 5.65. The molecule has 0 spiro atoms. The van der Waals surface area contributed by atoms with Gasteiger partial charge in [0.15, 0.2) is 0 Å². The lowest BCUT2D eigenvalue weighted by molar-refractivity contribution is 0.481. The highest BCUT2D eigenvalue weighted by molar-refractivity contribution is 9.10. The second-order valence-electron chi connectivity index (χ2n) is 2.61. The van der Waals surface area contributed by atoms with Gasteiger partial charge in [0.1, 0.15) is 5.75 Å². The van der Waals surface area contributed by atoms with Gasteiger partial charge >= 0.3 is 0 Å². The van der Waals surface area contributed by atoms with Gasteiger partial charge in [0.2, 0.25) is 0 Å². The Balaban J connectivity index is 0.000000509. The van der Waals surface area contributed by atoms with Gasteiger partial charge in [-0.15, -0.1) is 0 Å². The van der Waals surface area contributed by atoms with Crippen molar-refractivity contribution < 1.29 is 5.11 Å². The summed E-state index contributed by atoms with van der Waals surface area (Å²) in [5.74, 6) is 0.328. The van der Waals surface area contributed by atoms with Crippen molar-refractivity contribution in [2.24, 2.45) is 0 Å². The molecule has 2 heteroatoms. The monoisotopic (exact) mass is 282 g/mol. The quantitative estimate of drug-likeness (QED) is 0.690. The van der Waals surface area contributed by atoms with E-state index in [-0.39, 0.29) is 0 Å². The van der Waals surface area contributed by atoms with Crippen LogP contribution in [0.15, 0.2) is 40.9 Å². The van der Waals surface area contributed by atoms with Crippen molar-refractivity contribution in [2.45, 2.75) is 27.7 Å². The van der Waals surface area contributed by atoms with Crippen LogP contribution in [0.2, 0.25) is 0 Å². The highest BCUT2D eigenvalue weighted by Crippen LogP contribution is 2.30. The maximum absolute atomic E-state index is 9.47. The third-order valence-corrected chi connectivity index (χ3v) is 2.54. The summed E-state index contributed by atoms with van der Waals surface area (Å²) in [5, 5.41) is 11.4. The number of halogens is 1. The molecule has 1 N–H and O–H groups in total. The number of benzene rings is 2. The van der Waals surface area contributed by atoms with Crippen molar-refractivity contribution in [1.29, 1.82) is 0 Å². The second-order valence-corrected chi connectivity index (χ2v) is 3.47. The summed E-state index contributed by atoms with van der Waals surface area (Å²) in [6, 6.07) is 11.3. The molecule has 0 aliphatic rings. The van der Waals surface area contributed by atoms with Crippen LogP contribution in [0.5, 0.6) is 5.75 Å². The summed E-state index contributed by atoms with van der Waals surface area (Å²) in [4.78, 5) is 0. The normalized spacial score (nSPS) is 8.56. The van der Waals surface area contributed by atoms with Crippen LogP contribution in [0.4, 0.5) is 0 Å². The molecular formula is C14H19BrO. The topological polar surface area (TPSA) is 20.2 Å². The fourth-order valence-electron chi connectivity index (χ4n) is 1.25. The summed E-state index contributed by atoms with van der Waals surface area (Å²) in [6.07, 6.45) is 0. The van der Waals surface area contributed by atoms with Crippen LogP contribution in [0, 0.1) is 0 Å². The van der Waals surface area contributed by atoms with Gasteiger partial charge in [-0.2, -0.15) is 0 Å². The maximum atomic E-state index is 9.47. The number of hydrogen-bond acceptors (Lipinski definition) is 1. The molecular weight excluding hydrogens is 264 g/mol. The van der Waals surface area contributed by atoms with E-state index < -0.39 is 0 Å². The maximum Gasteiger partial charge on any atom is 0.123 e. The summed E-state index contributed by atoms with van der Waals surface area (Å²) < 4.78 is 1.01. The molecule has 0 bridgehead atoms. The van der Waals surface area contributed by atoms with Crippen molar-refractivity contribution in [3.63, 3.8) is 0 Å². The molecule has 0 amide bonds. The average Bonchev–Trinajstić information content (AvgIpc) is 2.39. The van der Waals surface area contributed by atoms with Crippen LogP contribution < -0.4 is 0 Å². The third-order valence-electron chi connectivity index (χ3n) is 1.85. The largest absolute Gasteiger partial charge is 0.507 e. The SMILES string of the molecule is CC.CC.Oc1ccc(Br)c2ccccc12. The average molecular weight is 283 g/mol.